The summed E-state index contributed by atoms with van der Waals surface area (Å²) >= 11 is 0. The number of imide groups is 1. The van der Waals surface area contributed by atoms with E-state index in [9.17, 15) is 19.5 Å². The monoisotopic (exact) mass is 300 g/mol. The summed E-state index contributed by atoms with van der Waals surface area (Å²) in [6.07, 6.45) is 3.29. The average molecular weight is 300 g/mol. The summed E-state index contributed by atoms with van der Waals surface area (Å²) in [5.41, 5.74) is 0.771. The number of benzene rings is 1. The van der Waals surface area contributed by atoms with Crippen molar-refractivity contribution in [1.82, 2.24) is 4.90 Å². The van der Waals surface area contributed by atoms with Gasteiger partial charge in [0.15, 0.2) is 0 Å². The van der Waals surface area contributed by atoms with Crippen molar-refractivity contribution in [2.45, 2.75) is 38.1 Å². The molecule has 0 bridgehead atoms. The number of carbonyl (C=O) groups is 3. The zero-order chi connectivity index (χ0) is 15.7. The molecular weight excluding hydrogens is 282 g/mol. The SMILES string of the molecule is O=C([O-])[C@@H](Cc1ccccc1)N1C(=O)[C@H]2CCCC[C@@H]2C1=O. The van der Waals surface area contributed by atoms with E-state index in [0.717, 1.165) is 23.3 Å². The van der Waals surface area contributed by atoms with E-state index in [2.05, 4.69) is 0 Å². The number of hydrogen-bond acceptors (Lipinski definition) is 4. The van der Waals surface area contributed by atoms with Gasteiger partial charge in [0, 0.05) is 0 Å². The van der Waals surface area contributed by atoms with Gasteiger partial charge >= 0.3 is 0 Å². The summed E-state index contributed by atoms with van der Waals surface area (Å²) in [5, 5.41) is 11.5. The zero-order valence-electron chi connectivity index (χ0n) is 12.2. The number of nitrogens with zero attached hydrogens (tertiary/aromatic N) is 1. The highest BCUT2D eigenvalue weighted by molar-refractivity contribution is 6.07. The molecule has 1 aliphatic heterocycles. The molecule has 5 nitrogen and oxygen atoms in total. The number of fused-ring (bicyclic) bond motifs is 1. The number of amides is 2. The summed E-state index contributed by atoms with van der Waals surface area (Å²) in [7, 11) is 0. The van der Waals surface area contributed by atoms with Crippen LogP contribution in [0.5, 0.6) is 0 Å². The van der Waals surface area contributed by atoms with E-state index in [-0.39, 0.29) is 30.1 Å². The highest BCUT2D eigenvalue weighted by Gasteiger charge is 2.50. The smallest absolute Gasteiger partial charge is 0.233 e. The van der Waals surface area contributed by atoms with Gasteiger partial charge < -0.3 is 9.90 Å². The molecule has 22 heavy (non-hydrogen) atoms. The minimum atomic E-state index is -1.37. The first-order valence-electron chi connectivity index (χ1n) is 7.71. The van der Waals surface area contributed by atoms with Crippen molar-refractivity contribution in [1.29, 1.82) is 0 Å². The largest absolute Gasteiger partial charge is 0.548 e. The highest BCUT2D eigenvalue weighted by Crippen LogP contribution is 2.39. The minimum Gasteiger partial charge on any atom is -0.548 e. The van der Waals surface area contributed by atoms with Crippen LogP contribution < -0.4 is 5.11 Å². The molecule has 0 aromatic heterocycles. The Morgan fingerprint density at radius 2 is 1.64 bits per heavy atom. The summed E-state index contributed by atoms with van der Waals surface area (Å²) in [6.45, 7) is 0. The predicted octanol–water partition coefficient (Wildman–Crippen LogP) is 0.523. The van der Waals surface area contributed by atoms with E-state index < -0.39 is 12.0 Å². The van der Waals surface area contributed by atoms with Gasteiger partial charge in [0.25, 0.3) is 0 Å². The van der Waals surface area contributed by atoms with Crippen LogP contribution in [-0.2, 0) is 20.8 Å². The molecule has 3 atom stereocenters. The fourth-order valence-corrected chi connectivity index (χ4v) is 3.61. The first kappa shape index (κ1) is 14.8. The maximum atomic E-state index is 12.5. The molecule has 0 radical (unpaired) electrons. The second-order valence-electron chi connectivity index (χ2n) is 6.07. The zero-order valence-corrected chi connectivity index (χ0v) is 12.2. The van der Waals surface area contributed by atoms with E-state index in [1.165, 1.54) is 0 Å². The van der Waals surface area contributed by atoms with Crippen molar-refractivity contribution in [3.63, 3.8) is 0 Å². The van der Waals surface area contributed by atoms with Gasteiger partial charge in [0.05, 0.1) is 23.8 Å². The summed E-state index contributed by atoms with van der Waals surface area (Å²) in [6, 6.07) is 7.79. The van der Waals surface area contributed by atoms with Gasteiger partial charge in [-0.2, -0.15) is 0 Å². The maximum Gasteiger partial charge on any atom is 0.233 e. The quantitative estimate of drug-likeness (QED) is 0.760. The van der Waals surface area contributed by atoms with Crippen molar-refractivity contribution < 1.29 is 19.5 Å². The fourth-order valence-electron chi connectivity index (χ4n) is 3.61. The molecule has 3 rings (SSSR count). The third kappa shape index (κ3) is 2.51. The molecule has 1 aromatic rings. The van der Waals surface area contributed by atoms with Crippen LogP contribution in [0.1, 0.15) is 31.2 Å². The number of hydrogen-bond donors (Lipinski definition) is 0. The van der Waals surface area contributed by atoms with Crippen LogP contribution in [0.2, 0.25) is 0 Å². The van der Waals surface area contributed by atoms with Gasteiger partial charge in [-0.25, -0.2) is 0 Å². The standard InChI is InChI=1S/C17H19NO4/c19-15-12-8-4-5-9-13(12)16(20)18(15)14(17(21)22)10-11-6-2-1-3-7-11/h1-3,6-7,12-14H,4-5,8-10H2,(H,21,22)/p-1/t12-,13-,14+/m0/s1. The summed E-state index contributed by atoms with van der Waals surface area (Å²) in [4.78, 5) is 37.5. The topological polar surface area (TPSA) is 77.5 Å². The van der Waals surface area contributed by atoms with Crippen molar-refractivity contribution in [3.05, 3.63) is 35.9 Å². The lowest BCUT2D eigenvalue weighted by molar-refractivity contribution is -0.310. The fraction of sp³-hybridized carbons (Fsp3) is 0.471. The second-order valence-corrected chi connectivity index (χ2v) is 6.07. The van der Waals surface area contributed by atoms with E-state index in [1.54, 1.807) is 24.3 Å². The van der Waals surface area contributed by atoms with Crippen LogP contribution in [0.3, 0.4) is 0 Å². The van der Waals surface area contributed by atoms with Gasteiger partial charge in [0.1, 0.15) is 0 Å². The lowest BCUT2D eigenvalue weighted by atomic mass is 9.81. The number of carbonyl (C=O) groups excluding carboxylic acids is 3. The van der Waals surface area contributed by atoms with Crippen LogP contribution in [0.25, 0.3) is 0 Å². The Morgan fingerprint density at radius 3 is 2.14 bits per heavy atom. The van der Waals surface area contributed by atoms with E-state index in [0.29, 0.717) is 12.8 Å². The van der Waals surface area contributed by atoms with Gasteiger partial charge in [-0.1, -0.05) is 43.2 Å². The molecule has 0 spiro atoms. The van der Waals surface area contributed by atoms with Gasteiger partial charge in [-0.15, -0.1) is 0 Å². The van der Waals surface area contributed by atoms with E-state index >= 15 is 0 Å². The van der Waals surface area contributed by atoms with Crippen molar-refractivity contribution in [3.8, 4) is 0 Å². The normalized spacial score (nSPS) is 25.9. The molecule has 2 fully saturated rings. The molecule has 1 aromatic carbocycles. The van der Waals surface area contributed by atoms with Crippen LogP contribution in [0.4, 0.5) is 0 Å². The Labute approximate surface area is 128 Å². The van der Waals surface area contributed by atoms with Crippen LogP contribution in [-0.4, -0.2) is 28.7 Å². The minimum absolute atomic E-state index is 0.0973. The predicted molar refractivity (Wildman–Crippen MR) is 76.2 cm³/mol. The number of likely N-dealkylation sites (tertiary alicyclic amines) is 1. The molecule has 2 amide bonds. The molecule has 1 aliphatic carbocycles. The molecule has 116 valence electrons. The Kier molecular flexibility index (Phi) is 3.96. The number of aliphatic carboxylic acids is 1. The molecule has 0 N–H and O–H groups in total. The third-order valence-electron chi connectivity index (χ3n) is 4.73. The number of carboxylic acid groups (broad SMARTS) is 1. The van der Waals surface area contributed by atoms with Gasteiger partial charge in [-0.3, -0.25) is 14.5 Å². The molecule has 1 heterocycles. The molecule has 1 saturated carbocycles. The number of carboxylic acids is 1. The Balaban J connectivity index is 1.86. The maximum absolute atomic E-state index is 12.5. The van der Waals surface area contributed by atoms with Crippen molar-refractivity contribution >= 4 is 17.8 Å². The number of rotatable bonds is 4. The van der Waals surface area contributed by atoms with Gasteiger partial charge in [0.2, 0.25) is 11.8 Å². The van der Waals surface area contributed by atoms with Crippen LogP contribution in [0.15, 0.2) is 30.3 Å². The van der Waals surface area contributed by atoms with Crippen molar-refractivity contribution in [2.24, 2.45) is 11.8 Å². The van der Waals surface area contributed by atoms with E-state index in [1.807, 2.05) is 6.07 Å². The second kappa shape index (κ2) is 5.91. The third-order valence-corrected chi connectivity index (χ3v) is 4.73. The lowest BCUT2D eigenvalue weighted by Crippen LogP contribution is -2.52. The molecule has 2 aliphatic rings. The first-order chi connectivity index (χ1) is 10.6. The molecule has 5 heteroatoms. The summed E-state index contributed by atoms with van der Waals surface area (Å²) in [5.74, 6) is -2.71. The van der Waals surface area contributed by atoms with Crippen LogP contribution in [0, 0.1) is 11.8 Å². The van der Waals surface area contributed by atoms with Gasteiger partial charge in [-0.05, 0) is 24.8 Å². The van der Waals surface area contributed by atoms with Crippen molar-refractivity contribution in [2.75, 3.05) is 0 Å². The summed E-state index contributed by atoms with van der Waals surface area (Å²) < 4.78 is 0. The Bertz CT molecular complexity index is 574. The molecular formula is C17H18NO4-. The average Bonchev–Trinajstić information content (AvgIpc) is 2.78. The molecule has 1 saturated heterocycles. The first-order valence-corrected chi connectivity index (χ1v) is 7.71. The van der Waals surface area contributed by atoms with E-state index in [4.69, 9.17) is 0 Å². The molecule has 0 unspecified atom stereocenters. The Morgan fingerprint density at radius 1 is 1.09 bits per heavy atom. The van der Waals surface area contributed by atoms with Crippen LogP contribution >= 0.6 is 0 Å². The highest BCUT2D eigenvalue weighted by atomic mass is 16.4. The lowest BCUT2D eigenvalue weighted by Gasteiger charge is -2.27. The Hall–Kier alpha value is -2.17.